The predicted molar refractivity (Wildman–Crippen MR) is 125 cm³/mol. The summed E-state index contributed by atoms with van der Waals surface area (Å²) in [6.45, 7) is 3.17. The fourth-order valence-corrected chi connectivity index (χ4v) is 2.95. The summed E-state index contributed by atoms with van der Waals surface area (Å²) in [6, 6.07) is 17.5. The lowest BCUT2D eigenvalue weighted by atomic mass is 10.1. The summed E-state index contributed by atoms with van der Waals surface area (Å²) in [5, 5.41) is 2.69. The summed E-state index contributed by atoms with van der Waals surface area (Å²) in [5.41, 5.74) is 6.98. The zero-order valence-electron chi connectivity index (χ0n) is 18.8. The number of carbonyl (C=O) groups excluding carboxylic acids is 4. The fourth-order valence-electron chi connectivity index (χ4n) is 2.95. The summed E-state index contributed by atoms with van der Waals surface area (Å²) < 4.78 is 10.2. The number of benzene rings is 3. The van der Waals surface area contributed by atoms with E-state index >= 15 is 0 Å². The molecule has 0 spiro atoms. The van der Waals surface area contributed by atoms with Crippen molar-refractivity contribution >= 4 is 29.4 Å². The number of aryl methyl sites for hydroxylation is 1. The maximum atomic E-state index is 12.7. The van der Waals surface area contributed by atoms with Crippen molar-refractivity contribution in [2.24, 2.45) is 0 Å². The number of esters is 1. The molecular weight excluding hydrogens is 438 g/mol. The maximum absolute atomic E-state index is 12.7. The molecule has 0 unspecified atom stereocenters. The van der Waals surface area contributed by atoms with Gasteiger partial charge >= 0.3 is 5.97 Å². The Bertz CT molecular complexity index is 1240. The van der Waals surface area contributed by atoms with Crippen molar-refractivity contribution in [2.45, 2.75) is 13.8 Å². The van der Waals surface area contributed by atoms with Gasteiger partial charge in [-0.1, -0.05) is 23.8 Å². The van der Waals surface area contributed by atoms with Crippen molar-refractivity contribution < 1.29 is 28.7 Å². The van der Waals surface area contributed by atoms with Gasteiger partial charge in [0.15, 0.2) is 11.5 Å². The van der Waals surface area contributed by atoms with Crippen LogP contribution >= 0.6 is 0 Å². The Morgan fingerprint density at radius 2 is 1.32 bits per heavy atom. The van der Waals surface area contributed by atoms with E-state index in [2.05, 4.69) is 16.2 Å². The van der Waals surface area contributed by atoms with Gasteiger partial charge in [0, 0.05) is 29.3 Å². The van der Waals surface area contributed by atoms with E-state index in [1.54, 1.807) is 42.5 Å². The van der Waals surface area contributed by atoms with E-state index in [0.29, 0.717) is 11.3 Å². The monoisotopic (exact) mass is 461 g/mol. The van der Waals surface area contributed by atoms with Crippen LogP contribution in [0.15, 0.2) is 66.7 Å². The lowest BCUT2D eigenvalue weighted by Gasteiger charge is -2.11. The average molecular weight is 461 g/mol. The molecule has 0 bridgehead atoms. The molecule has 0 aliphatic heterocycles. The molecule has 34 heavy (non-hydrogen) atoms. The second-order valence-electron chi connectivity index (χ2n) is 7.27. The number of rotatable bonds is 6. The van der Waals surface area contributed by atoms with Crippen molar-refractivity contribution in [1.29, 1.82) is 0 Å². The molecule has 0 heterocycles. The highest BCUT2D eigenvalue weighted by Crippen LogP contribution is 2.28. The Morgan fingerprint density at radius 3 is 1.97 bits per heavy atom. The Morgan fingerprint density at radius 1 is 0.706 bits per heavy atom. The maximum Gasteiger partial charge on any atom is 0.308 e. The smallest absolute Gasteiger partial charge is 0.308 e. The molecular formula is C25H23N3O6. The number of hydrogen-bond donors (Lipinski definition) is 3. The van der Waals surface area contributed by atoms with Crippen molar-refractivity contribution in [3.8, 4) is 11.5 Å². The van der Waals surface area contributed by atoms with Gasteiger partial charge in [0.05, 0.1) is 7.11 Å². The molecule has 0 aliphatic rings. The number of hydrazine groups is 1. The Hall–Kier alpha value is -4.66. The van der Waals surface area contributed by atoms with E-state index in [9.17, 15) is 19.2 Å². The number of methoxy groups -OCH3 is 1. The highest BCUT2D eigenvalue weighted by atomic mass is 16.6. The molecule has 3 amide bonds. The number of amides is 3. The molecule has 0 atom stereocenters. The van der Waals surface area contributed by atoms with E-state index in [-0.39, 0.29) is 22.6 Å². The van der Waals surface area contributed by atoms with E-state index in [1.807, 2.05) is 6.92 Å². The van der Waals surface area contributed by atoms with Gasteiger partial charge in [-0.15, -0.1) is 0 Å². The molecule has 0 saturated carbocycles. The van der Waals surface area contributed by atoms with Crippen molar-refractivity contribution in [3.05, 3.63) is 89.0 Å². The average Bonchev–Trinajstić information content (AvgIpc) is 2.82. The van der Waals surface area contributed by atoms with Gasteiger partial charge in [-0.25, -0.2) is 0 Å². The van der Waals surface area contributed by atoms with Gasteiger partial charge in [0.2, 0.25) is 0 Å². The normalized spacial score (nSPS) is 10.1. The van der Waals surface area contributed by atoms with Crippen LogP contribution in [-0.4, -0.2) is 30.8 Å². The minimum Gasteiger partial charge on any atom is -0.493 e. The van der Waals surface area contributed by atoms with Crippen LogP contribution in [0.5, 0.6) is 11.5 Å². The number of hydrogen-bond acceptors (Lipinski definition) is 6. The second-order valence-corrected chi connectivity index (χ2v) is 7.27. The minimum atomic E-state index is -0.552. The SMILES string of the molecule is COc1cc(C(=O)Nc2cccc(C(=O)NNC(=O)c3ccc(C)cc3)c2)ccc1OC(C)=O. The third-order valence-electron chi connectivity index (χ3n) is 4.67. The van der Waals surface area contributed by atoms with Gasteiger partial charge in [0.1, 0.15) is 0 Å². The van der Waals surface area contributed by atoms with Gasteiger partial charge in [-0.05, 0) is 55.5 Å². The first-order chi connectivity index (χ1) is 16.3. The topological polar surface area (TPSA) is 123 Å². The Labute approximate surface area is 196 Å². The minimum absolute atomic E-state index is 0.193. The zero-order chi connectivity index (χ0) is 24.7. The zero-order valence-corrected chi connectivity index (χ0v) is 18.8. The summed E-state index contributed by atoms with van der Waals surface area (Å²) in [7, 11) is 1.39. The first-order valence-corrected chi connectivity index (χ1v) is 10.2. The van der Waals surface area contributed by atoms with Crippen LogP contribution in [0.2, 0.25) is 0 Å². The fraction of sp³-hybridized carbons (Fsp3) is 0.120. The molecule has 3 aromatic carbocycles. The molecule has 3 N–H and O–H groups in total. The number of ether oxygens (including phenoxy) is 2. The second kappa shape index (κ2) is 10.8. The van der Waals surface area contributed by atoms with Gasteiger partial charge in [-0.3, -0.25) is 30.0 Å². The van der Waals surface area contributed by atoms with Gasteiger partial charge < -0.3 is 14.8 Å². The molecule has 0 radical (unpaired) electrons. The van der Waals surface area contributed by atoms with Crippen LogP contribution in [0, 0.1) is 6.92 Å². The van der Waals surface area contributed by atoms with Crippen LogP contribution in [-0.2, 0) is 4.79 Å². The molecule has 3 aromatic rings. The molecule has 0 fully saturated rings. The van der Waals surface area contributed by atoms with Crippen LogP contribution in [0.1, 0.15) is 43.6 Å². The molecule has 9 heteroatoms. The third-order valence-corrected chi connectivity index (χ3v) is 4.67. The number of anilines is 1. The Kier molecular flexibility index (Phi) is 7.60. The number of nitrogens with one attached hydrogen (secondary N) is 3. The first-order valence-electron chi connectivity index (χ1n) is 10.2. The highest BCUT2D eigenvalue weighted by Gasteiger charge is 2.14. The molecule has 9 nitrogen and oxygen atoms in total. The van der Waals surface area contributed by atoms with Crippen LogP contribution in [0.3, 0.4) is 0 Å². The molecule has 174 valence electrons. The lowest BCUT2D eigenvalue weighted by Crippen LogP contribution is -2.41. The van der Waals surface area contributed by atoms with E-state index in [4.69, 9.17) is 9.47 Å². The predicted octanol–water partition coefficient (Wildman–Crippen LogP) is 3.26. The van der Waals surface area contributed by atoms with E-state index < -0.39 is 23.7 Å². The van der Waals surface area contributed by atoms with Crippen molar-refractivity contribution in [1.82, 2.24) is 10.9 Å². The summed E-state index contributed by atoms with van der Waals surface area (Å²) in [4.78, 5) is 48.5. The highest BCUT2D eigenvalue weighted by molar-refractivity contribution is 6.05. The molecule has 3 rings (SSSR count). The first kappa shape index (κ1) is 24.0. The van der Waals surface area contributed by atoms with Gasteiger partial charge in [-0.2, -0.15) is 0 Å². The largest absolute Gasteiger partial charge is 0.493 e. The van der Waals surface area contributed by atoms with Crippen LogP contribution in [0.25, 0.3) is 0 Å². The van der Waals surface area contributed by atoms with E-state index in [0.717, 1.165) is 5.56 Å². The molecule has 0 aromatic heterocycles. The van der Waals surface area contributed by atoms with Crippen LogP contribution < -0.4 is 25.6 Å². The summed E-state index contributed by atoms with van der Waals surface area (Å²) in [6.07, 6.45) is 0. The third kappa shape index (κ3) is 6.19. The lowest BCUT2D eigenvalue weighted by molar-refractivity contribution is -0.132. The van der Waals surface area contributed by atoms with Crippen LogP contribution in [0.4, 0.5) is 5.69 Å². The molecule has 0 aliphatic carbocycles. The number of carbonyl (C=O) groups is 4. The standard InChI is InChI=1S/C25H23N3O6/c1-15-7-9-17(10-8-15)24(31)27-28-25(32)18-5-4-6-20(13-18)26-23(30)19-11-12-21(34-16(2)29)22(14-19)33-3/h4-14H,1-3H3,(H,26,30)(H,27,31)(H,28,32). The van der Waals surface area contributed by atoms with Crippen molar-refractivity contribution in [3.63, 3.8) is 0 Å². The quantitative estimate of drug-likeness (QED) is 0.294. The van der Waals surface area contributed by atoms with Gasteiger partial charge in [0.25, 0.3) is 17.7 Å². The van der Waals surface area contributed by atoms with Crippen molar-refractivity contribution in [2.75, 3.05) is 12.4 Å². The van der Waals surface area contributed by atoms with E-state index in [1.165, 1.54) is 38.3 Å². The molecule has 0 saturated heterocycles. The summed E-state index contributed by atoms with van der Waals surface area (Å²) >= 11 is 0. The Balaban J connectivity index is 1.65. The summed E-state index contributed by atoms with van der Waals surface area (Å²) in [5.74, 6) is -1.57.